The highest BCUT2D eigenvalue weighted by molar-refractivity contribution is 6.68. The minimum atomic E-state index is -1.74. The van der Waals surface area contributed by atoms with Crippen molar-refractivity contribution in [2.45, 2.75) is 16.9 Å². The molecule has 2 rings (SSSR count). The normalized spacial score (nSPS) is 12.6. The van der Waals surface area contributed by atoms with E-state index in [9.17, 15) is 4.79 Å². The van der Waals surface area contributed by atoms with Crippen molar-refractivity contribution in [3.05, 3.63) is 64.7 Å². The van der Waals surface area contributed by atoms with E-state index in [1.807, 2.05) is 31.2 Å². The molecule has 1 amide bonds. The summed E-state index contributed by atoms with van der Waals surface area (Å²) in [7, 11) is 0. The molecular formula is C16H14Cl4N2O. The van der Waals surface area contributed by atoms with E-state index < -0.39 is 15.9 Å². The third-order valence-corrected chi connectivity index (χ3v) is 4.02. The van der Waals surface area contributed by atoms with E-state index >= 15 is 0 Å². The highest BCUT2D eigenvalue weighted by Gasteiger charge is 2.34. The molecule has 2 aromatic rings. The molecule has 122 valence electrons. The minimum Gasteiger partial charge on any atom is -0.362 e. The van der Waals surface area contributed by atoms with E-state index in [-0.39, 0.29) is 0 Å². The molecule has 3 nitrogen and oxygen atoms in total. The number of hydrogen-bond donors (Lipinski definition) is 2. The Morgan fingerprint density at radius 2 is 1.78 bits per heavy atom. The number of carbonyl (C=O) groups is 1. The fourth-order valence-corrected chi connectivity index (χ4v) is 2.45. The van der Waals surface area contributed by atoms with Gasteiger partial charge < -0.3 is 10.6 Å². The van der Waals surface area contributed by atoms with Crippen molar-refractivity contribution in [1.29, 1.82) is 0 Å². The molecule has 2 N–H and O–H groups in total. The topological polar surface area (TPSA) is 41.1 Å². The second kappa shape index (κ2) is 7.63. The van der Waals surface area contributed by atoms with Crippen molar-refractivity contribution in [3.8, 4) is 0 Å². The largest absolute Gasteiger partial charge is 0.362 e. The zero-order valence-corrected chi connectivity index (χ0v) is 15.1. The van der Waals surface area contributed by atoms with Crippen molar-refractivity contribution in [2.75, 3.05) is 5.32 Å². The first-order valence-electron chi connectivity index (χ1n) is 6.72. The minimum absolute atomic E-state index is 0.378. The summed E-state index contributed by atoms with van der Waals surface area (Å²) in [5.41, 5.74) is 2.10. The molecule has 0 radical (unpaired) electrons. The van der Waals surface area contributed by atoms with Gasteiger partial charge in [0, 0.05) is 16.3 Å². The third kappa shape index (κ3) is 5.18. The van der Waals surface area contributed by atoms with Crippen LogP contribution in [0.15, 0.2) is 48.5 Å². The van der Waals surface area contributed by atoms with Crippen LogP contribution >= 0.6 is 46.4 Å². The summed E-state index contributed by atoms with van der Waals surface area (Å²) in [5.74, 6) is -0.398. The molecule has 0 heterocycles. The average Bonchev–Trinajstić information content (AvgIpc) is 2.47. The molecule has 0 aliphatic carbocycles. The lowest BCUT2D eigenvalue weighted by Crippen LogP contribution is -2.49. The van der Waals surface area contributed by atoms with Crippen LogP contribution in [-0.2, 0) is 0 Å². The Morgan fingerprint density at radius 3 is 2.39 bits per heavy atom. The number of para-hydroxylation sites is 1. The number of anilines is 1. The van der Waals surface area contributed by atoms with E-state index in [1.165, 1.54) is 0 Å². The number of alkyl halides is 3. The molecule has 0 fully saturated rings. The number of rotatable bonds is 4. The van der Waals surface area contributed by atoms with Crippen LogP contribution in [-0.4, -0.2) is 15.9 Å². The van der Waals surface area contributed by atoms with Gasteiger partial charge in [-0.25, -0.2) is 0 Å². The molecule has 1 atom stereocenters. The van der Waals surface area contributed by atoms with E-state index in [0.717, 1.165) is 11.3 Å². The van der Waals surface area contributed by atoms with Gasteiger partial charge in [0.15, 0.2) is 0 Å². The molecule has 1 unspecified atom stereocenters. The summed E-state index contributed by atoms with van der Waals surface area (Å²) < 4.78 is -1.74. The van der Waals surface area contributed by atoms with Gasteiger partial charge in [-0.05, 0) is 36.8 Å². The first-order chi connectivity index (χ1) is 10.8. The first kappa shape index (κ1) is 18.2. The summed E-state index contributed by atoms with van der Waals surface area (Å²) in [5, 5.41) is 6.17. The standard InChI is InChI=1S/C16H14Cl4N2O/c1-10-5-2-3-8-13(10)21-15(16(18,19)20)22-14(23)11-6-4-7-12(17)9-11/h2-9,15,21H,1H3,(H,22,23). The summed E-state index contributed by atoms with van der Waals surface area (Å²) in [6, 6.07) is 14.0. The van der Waals surface area contributed by atoms with Crippen LogP contribution < -0.4 is 10.6 Å². The maximum atomic E-state index is 12.3. The number of nitrogens with one attached hydrogen (secondary N) is 2. The van der Waals surface area contributed by atoms with Gasteiger partial charge in [0.1, 0.15) is 6.17 Å². The van der Waals surface area contributed by atoms with Crippen molar-refractivity contribution in [2.24, 2.45) is 0 Å². The highest BCUT2D eigenvalue weighted by Crippen LogP contribution is 2.32. The van der Waals surface area contributed by atoms with Gasteiger partial charge in [-0.3, -0.25) is 4.79 Å². The van der Waals surface area contributed by atoms with Crippen LogP contribution in [0.1, 0.15) is 15.9 Å². The third-order valence-electron chi connectivity index (χ3n) is 3.13. The zero-order chi connectivity index (χ0) is 17.0. The molecule has 0 aromatic heterocycles. The Bertz CT molecular complexity index is 700. The average molecular weight is 392 g/mol. The second-order valence-corrected chi connectivity index (χ2v) is 7.72. The van der Waals surface area contributed by atoms with E-state index in [1.54, 1.807) is 24.3 Å². The van der Waals surface area contributed by atoms with Crippen LogP contribution in [0.5, 0.6) is 0 Å². The summed E-state index contributed by atoms with van der Waals surface area (Å²) in [6.45, 7) is 1.91. The fourth-order valence-electron chi connectivity index (χ4n) is 1.93. The van der Waals surface area contributed by atoms with E-state index in [0.29, 0.717) is 10.6 Å². The molecule has 0 saturated heterocycles. The predicted molar refractivity (Wildman–Crippen MR) is 97.8 cm³/mol. The Kier molecular flexibility index (Phi) is 6.04. The van der Waals surface area contributed by atoms with Crippen molar-refractivity contribution < 1.29 is 4.79 Å². The molecular weight excluding hydrogens is 378 g/mol. The van der Waals surface area contributed by atoms with Crippen LogP contribution in [0.25, 0.3) is 0 Å². The lowest BCUT2D eigenvalue weighted by molar-refractivity contribution is 0.0942. The Labute approximate surface area is 154 Å². The number of halogens is 4. The maximum Gasteiger partial charge on any atom is 0.253 e. The predicted octanol–water partition coefficient (Wildman–Crippen LogP) is 5.19. The summed E-state index contributed by atoms with van der Waals surface area (Å²) in [4.78, 5) is 12.3. The number of amides is 1. The van der Waals surface area contributed by atoms with Gasteiger partial charge in [-0.2, -0.15) is 0 Å². The maximum absolute atomic E-state index is 12.3. The van der Waals surface area contributed by atoms with Crippen molar-refractivity contribution in [1.82, 2.24) is 5.32 Å². The van der Waals surface area contributed by atoms with E-state index in [2.05, 4.69) is 10.6 Å². The SMILES string of the molecule is Cc1ccccc1NC(NC(=O)c1cccc(Cl)c1)C(Cl)(Cl)Cl. The Balaban J connectivity index is 2.20. The fraction of sp³-hybridized carbons (Fsp3) is 0.188. The van der Waals surface area contributed by atoms with Crippen LogP contribution in [0.4, 0.5) is 5.69 Å². The second-order valence-electron chi connectivity index (χ2n) is 4.92. The van der Waals surface area contributed by atoms with Gasteiger partial charge in [0.05, 0.1) is 0 Å². The van der Waals surface area contributed by atoms with Gasteiger partial charge in [0.25, 0.3) is 5.91 Å². The number of benzene rings is 2. The molecule has 0 spiro atoms. The van der Waals surface area contributed by atoms with Crippen LogP contribution in [0, 0.1) is 6.92 Å². The van der Waals surface area contributed by atoms with Gasteiger partial charge in [-0.1, -0.05) is 70.7 Å². The van der Waals surface area contributed by atoms with Crippen LogP contribution in [0.2, 0.25) is 5.02 Å². The summed E-state index contributed by atoms with van der Waals surface area (Å²) >= 11 is 23.9. The molecule has 23 heavy (non-hydrogen) atoms. The quantitative estimate of drug-likeness (QED) is 0.556. The lowest BCUT2D eigenvalue weighted by Gasteiger charge is -2.28. The molecule has 0 aliphatic rings. The Morgan fingerprint density at radius 1 is 1.09 bits per heavy atom. The van der Waals surface area contributed by atoms with Crippen molar-refractivity contribution in [3.63, 3.8) is 0 Å². The zero-order valence-electron chi connectivity index (χ0n) is 12.1. The molecule has 0 bridgehead atoms. The van der Waals surface area contributed by atoms with Gasteiger partial charge in [0.2, 0.25) is 3.79 Å². The number of aryl methyl sites for hydroxylation is 1. The molecule has 0 saturated carbocycles. The van der Waals surface area contributed by atoms with Gasteiger partial charge in [-0.15, -0.1) is 0 Å². The van der Waals surface area contributed by atoms with E-state index in [4.69, 9.17) is 46.4 Å². The molecule has 2 aromatic carbocycles. The number of hydrogen-bond acceptors (Lipinski definition) is 2. The van der Waals surface area contributed by atoms with Crippen LogP contribution in [0.3, 0.4) is 0 Å². The molecule has 0 aliphatic heterocycles. The smallest absolute Gasteiger partial charge is 0.253 e. The monoisotopic (exact) mass is 390 g/mol. The van der Waals surface area contributed by atoms with Gasteiger partial charge >= 0.3 is 0 Å². The van der Waals surface area contributed by atoms with Crippen molar-refractivity contribution >= 4 is 58.0 Å². The number of carbonyl (C=O) groups excluding carboxylic acids is 1. The first-order valence-corrected chi connectivity index (χ1v) is 8.24. The Hall–Kier alpha value is -1.13. The molecule has 7 heteroatoms. The highest BCUT2D eigenvalue weighted by atomic mass is 35.6. The summed E-state index contributed by atoms with van der Waals surface area (Å²) in [6.07, 6.45) is -0.917. The lowest BCUT2D eigenvalue weighted by atomic mass is 10.2.